The van der Waals surface area contributed by atoms with Gasteiger partial charge in [0.1, 0.15) is 17.3 Å². The smallest absolute Gasteiger partial charge is 0.215 e. The van der Waals surface area contributed by atoms with Crippen LogP contribution in [0.2, 0.25) is 0 Å². The van der Waals surface area contributed by atoms with Crippen molar-refractivity contribution in [2.75, 3.05) is 0 Å². The zero-order chi connectivity index (χ0) is 18.5. The van der Waals surface area contributed by atoms with Crippen LogP contribution in [0.4, 0.5) is 5.69 Å². The summed E-state index contributed by atoms with van der Waals surface area (Å²) < 4.78 is 0. The Labute approximate surface area is 155 Å². The molecule has 2 aromatic carbocycles. The lowest BCUT2D eigenvalue weighted by molar-refractivity contribution is -0.115. The van der Waals surface area contributed by atoms with E-state index in [9.17, 15) is 15.0 Å². The Hall–Kier alpha value is -3.12. The van der Waals surface area contributed by atoms with Gasteiger partial charge in [0.15, 0.2) is 0 Å². The minimum Gasteiger partial charge on any atom is -0.508 e. The summed E-state index contributed by atoms with van der Waals surface area (Å²) in [4.78, 5) is 18.9. The molecule has 0 bridgehead atoms. The quantitative estimate of drug-likeness (QED) is 0.404. The molecular formula is C20H18N2O3S. The molecule has 2 N–H and O–H groups in total. The molecule has 0 saturated heterocycles. The van der Waals surface area contributed by atoms with Gasteiger partial charge < -0.3 is 10.2 Å². The number of benzene rings is 2. The fourth-order valence-electron chi connectivity index (χ4n) is 2.50. The highest BCUT2D eigenvalue weighted by Gasteiger charge is 2.16. The summed E-state index contributed by atoms with van der Waals surface area (Å²) in [5.41, 5.74) is 2.03. The highest BCUT2D eigenvalue weighted by atomic mass is 32.1. The first kappa shape index (κ1) is 17.7. The molecule has 0 aliphatic carbocycles. The number of amides is 1. The SMILES string of the molecule is Cc1ccc(O)cc1N=C(c1cccc(O)c1)N(C=O)Cc1cccs1. The number of hydrogen-bond acceptors (Lipinski definition) is 5. The van der Waals surface area contributed by atoms with Crippen LogP contribution >= 0.6 is 11.3 Å². The van der Waals surface area contributed by atoms with Gasteiger partial charge in [-0.25, -0.2) is 4.99 Å². The summed E-state index contributed by atoms with van der Waals surface area (Å²) in [7, 11) is 0. The standard InChI is InChI=1S/C20H18N2O3S/c1-14-7-8-17(25)11-19(14)21-20(15-4-2-5-16(24)10-15)22(13-23)12-18-6-3-9-26-18/h2-11,13,24-25H,12H2,1H3. The van der Waals surface area contributed by atoms with Gasteiger partial charge in [-0.15, -0.1) is 11.3 Å². The second kappa shape index (κ2) is 7.84. The number of nitrogens with zero attached hydrogens (tertiary/aromatic N) is 2. The van der Waals surface area contributed by atoms with Crippen LogP contribution < -0.4 is 0 Å². The Bertz CT molecular complexity index is 936. The molecule has 1 amide bonds. The molecule has 0 radical (unpaired) electrons. The van der Waals surface area contributed by atoms with Crippen LogP contribution in [0.3, 0.4) is 0 Å². The first-order valence-corrected chi connectivity index (χ1v) is 8.87. The van der Waals surface area contributed by atoms with Crippen LogP contribution in [0.1, 0.15) is 16.0 Å². The van der Waals surface area contributed by atoms with E-state index in [1.807, 2.05) is 24.4 Å². The molecule has 0 fully saturated rings. The molecule has 0 atom stereocenters. The second-order valence-electron chi connectivity index (χ2n) is 5.77. The number of hydrogen-bond donors (Lipinski definition) is 2. The van der Waals surface area contributed by atoms with Crippen molar-refractivity contribution >= 4 is 29.3 Å². The first-order valence-electron chi connectivity index (χ1n) is 7.99. The van der Waals surface area contributed by atoms with E-state index in [2.05, 4.69) is 4.99 Å². The molecular weight excluding hydrogens is 348 g/mol. The van der Waals surface area contributed by atoms with Crippen molar-refractivity contribution in [3.8, 4) is 11.5 Å². The largest absolute Gasteiger partial charge is 0.508 e. The maximum Gasteiger partial charge on any atom is 0.215 e. The highest BCUT2D eigenvalue weighted by Crippen LogP contribution is 2.26. The normalized spacial score (nSPS) is 11.3. The van der Waals surface area contributed by atoms with Gasteiger partial charge in [0.25, 0.3) is 0 Å². The van der Waals surface area contributed by atoms with Gasteiger partial charge in [0.2, 0.25) is 6.41 Å². The van der Waals surface area contributed by atoms with Gasteiger partial charge in [-0.2, -0.15) is 0 Å². The molecule has 0 spiro atoms. The molecule has 1 aromatic heterocycles. The van der Waals surface area contributed by atoms with E-state index in [4.69, 9.17) is 0 Å². The van der Waals surface area contributed by atoms with Crippen LogP contribution in [-0.4, -0.2) is 27.4 Å². The minimum absolute atomic E-state index is 0.0878. The monoisotopic (exact) mass is 366 g/mol. The highest BCUT2D eigenvalue weighted by molar-refractivity contribution is 7.09. The zero-order valence-corrected chi connectivity index (χ0v) is 15.0. The molecule has 0 saturated carbocycles. The summed E-state index contributed by atoms with van der Waals surface area (Å²) in [6.07, 6.45) is 0.723. The lowest BCUT2D eigenvalue weighted by atomic mass is 10.1. The fourth-order valence-corrected chi connectivity index (χ4v) is 3.21. The number of rotatable bonds is 5. The van der Waals surface area contributed by atoms with Crippen molar-refractivity contribution in [2.24, 2.45) is 4.99 Å². The number of aromatic hydroxyl groups is 2. The lowest BCUT2D eigenvalue weighted by Crippen LogP contribution is -2.29. The van der Waals surface area contributed by atoms with E-state index >= 15 is 0 Å². The number of carbonyl (C=O) groups is 1. The van der Waals surface area contributed by atoms with Gasteiger partial charge in [-0.05, 0) is 42.1 Å². The molecule has 5 nitrogen and oxygen atoms in total. The average Bonchev–Trinajstić information content (AvgIpc) is 3.14. The number of thiophene rings is 1. The van der Waals surface area contributed by atoms with E-state index in [0.29, 0.717) is 23.6 Å². The molecule has 0 unspecified atom stereocenters. The maximum atomic E-state index is 11.8. The van der Waals surface area contributed by atoms with Crippen LogP contribution in [0.5, 0.6) is 11.5 Å². The van der Waals surface area contributed by atoms with Crippen molar-refractivity contribution in [3.63, 3.8) is 0 Å². The molecule has 3 aromatic rings. The third-order valence-electron chi connectivity index (χ3n) is 3.83. The van der Waals surface area contributed by atoms with E-state index < -0.39 is 0 Å². The predicted molar refractivity (Wildman–Crippen MR) is 103 cm³/mol. The Balaban J connectivity index is 2.10. The van der Waals surface area contributed by atoms with Crippen LogP contribution in [0.25, 0.3) is 0 Å². The van der Waals surface area contributed by atoms with Crippen LogP contribution in [0, 0.1) is 6.92 Å². The van der Waals surface area contributed by atoms with E-state index in [1.165, 1.54) is 4.90 Å². The van der Waals surface area contributed by atoms with Crippen molar-refractivity contribution < 1.29 is 15.0 Å². The lowest BCUT2D eigenvalue weighted by Gasteiger charge is -2.20. The Morgan fingerprint density at radius 3 is 2.62 bits per heavy atom. The third-order valence-corrected chi connectivity index (χ3v) is 4.69. The van der Waals surface area contributed by atoms with Crippen molar-refractivity contribution in [1.29, 1.82) is 0 Å². The van der Waals surface area contributed by atoms with Crippen LogP contribution in [-0.2, 0) is 11.3 Å². The molecule has 1 heterocycles. The number of aliphatic imine (C=N–C) groups is 1. The number of amidine groups is 1. The molecule has 0 aliphatic heterocycles. The van der Waals surface area contributed by atoms with E-state index in [1.54, 1.807) is 53.8 Å². The molecule has 0 aliphatic rings. The summed E-state index contributed by atoms with van der Waals surface area (Å²) >= 11 is 1.55. The first-order chi connectivity index (χ1) is 12.6. The summed E-state index contributed by atoms with van der Waals surface area (Å²) in [6.45, 7) is 2.25. The fraction of sp³-hybridized carbons (Fsp3) is 0.100. The Morgan fingerprint density at radius 2 is 1.92 bits per heavy atom. The summed E-state index contributed by atoms with van der Waals surface area (Å²) in [5.74, 6) is 0.586. The third kappa shape index (κ3) is 4.10. The number of phenolic OH excluding ortho intramolecular Hbond substituents is 2. The number of carbonyl (C=O) groups excluding carboxylic acids is 1. The molecule has 132 valence electrons. The predicted octanol–water partition coefficient (Wildman–Crippen LogP) is 4.20. The second-order valence-corrected chi connectivity index (χ2v) is 6.80. The average molecular weight is 366 g/mol. The van der Waals surface area contributed by atoms with Gasteiger partial charge in [0, 0.05) is 16.5 Å². The van der Waals surface area contributed by atoms with Crippen LogP contribution in [0.15, 0.2) is 65.0 Å². The van der Waals surface area contributed by atoms with Crippen molar-refractivity contribution in [1.82, 2.24) is 4.90 Å². The van der Waals surface area contributed by atoms with Gasteiger partial charge in [-0.3, -0.25) is 9.69 Å². The maximum absolute atomic E-state index is 11.8. The van der Waals surface area contributed by atoms with E-state index in [0.717, 1.165) is 16.9 Å². The van der Waals surface area contributed by atoms with Gasteiger partial charge in [0.05, 0.1) is 12.2 Å². The summed E-state index contributed by atoms with van der Waals surface area (Å²) in [5, 5.41) is 21.6. The topological polar surface area (TPSA) is 73.1 Å². The Kier molecular flexibility index (Phi) is 5.34. The summed E-state index contributed by atoms with van der Waals surface area (Å²) in [6, 6.07) is 15.4. The molecule has 6 heteroatoms. The van der Waals surface area contributed by atoms with Crippen molar-refractivity contribution in [3.05, 3.63) is 76.0 Å². The van der Waals surface area contributed by atoms with Gasteiger partial charge in [-0.1, -0.05) is 24.3 Å². The minimum atomic E-state index is 0.0878. The van der Waals surface area contributed by atoms with Gasteiger partial charge >= 0.3 is 0 Å². The molecule has 26 heavy (non-hydrogen) atoms. The Morgan fingerprint density at radius 1 is 1.12 bits per heavy atom. The van der Waals surface area contributed by atoms with E-state index in [-0.39, 0.29) is 11.5 Å². The zero-order valence-electron chi connectivity index (χ0n) is 14.2. The number of phenols is 2. The molecule has 3 rings (SSSR count). The van der Waals surface area contributed by atoms with Crippen molar-refractivity contribution in [2.45, 2.75) is 13.5 Å². The number of aryl methyl sites for hydroxylation is 1.